The summed E-state index contributed by atoms with van der Waals surface area (Å²) in [5.41, 5.74) is 3.26. The zero-order valence-electron chi connectivity index (χ0n) is 12.7. The molecule has 2 aromatic rings. The van der Waals surface area contributed by atoms with E-state index in [1.807, 2.05) is 4.57 Å². The molecule has 5 nitrogen and oxygen atoms in total. The van der Waals surface area contributed by atoms with Crippen molar-refractivity contribution in [2.75, 3.05) is 33.2 Å². The number of benzene rings is 1. The van der Waals surface area contributed by atoms with E-state index < -0.39 is 0 Å². The lowest BCUT2D eigenvalue weighted by Gasteiger charge is -2.32. The molecule has 0 saturated carbocycles. The highest BCUT2D eigenvalue weighted by molar-refractivity contribution is 5.77. The predicted octanol–water partition coefficient (Wildman–Crippen LogP) is 1.62. The first kappa shape index (κ1) is 14.1. The van der Waals surface area contributed by atoms with Gasteiger partial charge in [0, 0.05) is 26.2 Å². The summed E-state index contributed by atoms with van der Waals surface area (Å²) in [6.45, 7) is 7.57. The largest absolute Gasteiger partial charge is 0.313 e. The van der Waals surface area contributed by atoms with Gasteiger partial charge in [-0.15, -0.1) is 0 Å². The van der Waals surface area contributed by atoms with E-state index >= 15 is 0 Å². The van der Waals surface area contributed by atoms with Crippen molar-refractivity contribution in [1.82, 2.24) is 19.4 Å². The molecule has 110 valence electrons. The van der Waals surface area contributed by atoms with Gasteiger partial charge in [0.2, 0.25) is 0 Å². The van der Waals surface area contributed by atoms with Crippen LogP contribution in [0, 0.1) is 18.3 Å². The first-order valence-electron chi connectivity index (χ1n) is 7.41. The maximum absolute atomic E-state index is 9.10. The lowest BCUT2D eigenvalue weighted by Crippen LogP contribution is -2.44. The molecule has 1 aromatic carbocycles. The highest BCUT2D eigenvalue weighted by atomic mass is 15.3. The normalized spacial score (nSPS) is 17.2. The average molecular weight is 283 g/mol. The summed E-state index contributed by atoms with van der Waals surface area (Å²) in [7, 11) is 2.16. The van der Waals surface area contributed by atoms with Gasteiger partial charge in [0.15, 0.2) is 0 Å². The number of aromatic nitrogens is 2. The Balaban J connectivity index is 1.90. The summed E-state index contributed by atoms with van der Waals surface area (Å²) >= 11 is 0. The molecule has 0 atom stereocenters. The molecular weight excluding hydrogens is 262 g/mol. The first-order valence-corrected chi connectivity index (χ1v) is 7.41. The standard InChI is InChI=1S/C16H21N5/c1-13-3-4-15-14(11-13)18-16(21(15)6-5-17)12-20-9-7-19(2)8-10-20/h3-4,11H,6-10,12H2,1-2H3. The Hall–Kier alpha value is -1.90. The Morgan fingerprint density at radius 1 is 1.24 bits per heavy atom. The van der Waals surface area contributed by atoms with E-state index in [-0.39, 0.29) is 0 Å². The Morgan fingerprint density at radius 3 is 2.71 bits per heavy atom. The van der Waals surface area contributed by atoms with Crippen molar-refractivity contribution >= 4 is 11.0 Å². The minimum Gasteiger partial charge on any atom is -0.313 e. The van der Waals surface area contributed by atoms with Crippen molar-refractivity contribution in [3.05, 3.63) is 29.6 Å². The van der Waals surface area contributed by atoms with Gasteiger partial charge in [0.05, 0.1) is 23.6 Å². The third-order valence-corrected chi connectivity index (χ3v) is 4.17. The van der Waals surface area contributed by atoms with Crippen molar-refractivity contribution < 1.29 is 0 Å². The summed E-state index contributed by atoms with van der Waals surface area (Å²) in [6, 6.07) is 8.50. The van der Waals surface area contributed by atoms with E-state index in [4.69, 9.17) is 10.2 Å². The number of nitriles is 1. The number of nitrogens with zero attached hydrogens (tertiary/aromatic N) is 5. The molecule has 0 N–H and O–H groups in total. The van der Waals surface area contributed by atoms with Gasteiger partial charge in [-0.05, 0) is 31.7 Å². The molecule has 1 aliphatic rings. The minimum atomic E-state index is 0.364. The third-order valence-electron chi connectivity index (χ3n) is 4.17. The van der Waals surface area contributed by atoms with Crippen molar-refractivity contribution in [2.45, 2.75) is 20.0 Å². The third kappa shape index (κ3) is 2.92. The van der Waals surface area contributed by atoms with Crippen LogP contribution in [0.2, 0.25) is 0 Å². The number of hydrogen-bond acceptors (Lipinski definition) is 4. The van der Waals surface area contributed by atoms with Gasteiger partial charge in [0.25, 0.3) is 0 Å². The molecule has 0 bridgehead atoms. The quantitative estimate of drug-likeness (QED) is 0.859. The van der Waals surface area contributed by atoms with Crippen LogP contribution < -0.4 is 0 Å². The van der Waals surface area contributed by atoms with Crippen molar-refractivity contribution in [2.24, 2.45) is 0 Å². The average Bonchev–Trinajstić information content (AvgIpc) is 2.79. The molecule has 1 aromatic heterocycles. The maximum Gasteiger partial charge on any atom is 0.125 e. The summed E-state index contributed by atoms with van der Waals surface area (Å²) in [4.78, 5) is 9.53. The molecule has 0 unspecified atom stereocenters. The highest BCUT2D eigenvalue weighted by Crippen LogP contribution is 2.19. The lowest BCUT2D eigenvalue weighted by molar-refractivity contribution is 0.144. The highest BCUT2D eigenvalue weighted by Gasteiger charge is 2.18. The monoisotopic (exact) mass is 283 g/mol. The Labute approximate surface area is 125 Å². The molecule has 0 amide bonds. The smallest absolute Gasteiger partial charge is 0.125 e. The van der Waals surface area contributed by atoms with Gasteiger partial charge in [-0.1, -0.05) is 6.07 Å². The van der Waals surface area contributed by atoms with Crippen LogP contribution in [0.3, 0.4) is 0 Å². The zero-order valence-corrected chi connectivity index (χ0v) is 12.7. The van der Waals surface area contributed by atoms with Gasteiger partial charge < -0.3 is 9.47 Å². The molecule has 3 rings (SSSR count). The Morgan fingerprint density at radius 2 is 2.00 bits per heavy atom. The number of hydrogen-bond donors (Lipinski definition) is 0. The first-order chi connectivity index (χ1) is 10.2. The van der Waals surface area contributed by atoms with Crippen LogP contribution in [0.15, 0.2) is 18.2 Å². The van der Waals surface area contributed by atoms with Crippen molar-refractivity contribution in [3.63, 3.8) is 0 Å². The van der Waals surface area contributed by atoms with E-state index in [9.17, 15) is 0 Å². The van der Waals surface area contributed by atoms with Crippen molar-refractivity contribution in [1.29, 1.82) is 5.26 Å². The van der Waals surface area contributed by atoms with Crippen LogP contribution in [0.4, 0.5) is 0 Å². The number of likely N-dealkylation sites (N-methyl/N-ethyl adjacent to an activating group) is 1. The number of fused-ring (bicyclic) bond motifs is 1. The zero-order chi connectivity index (χ0) is 14.8. The number of piperazine rings is 1. The van der Waals surface area contributed by atoms with Crippen molar-refractivity contribution in [3.8, 4) is 6.07 Å². The maximum atomic E-state index is 9.10. The molecule has 5 heteroatoms. The number of aryl methyl sites for hydroxylation is 1. The molecule has 0 aliphatic carbocycles. The van der Waals surface area contributed by atoms with E-state index in [1.165, 1.54) is 5.56 Å². The van der Waals surface area contributed by atoms with Gasteiger partial charge in [-0.25, -0.2) is 4.98 Å². The van der Waals surface area contributed by atoms with Crippen LogP contribution in [-0.2, 0) is 13.1 Å². The Kier molecular flexibility index (Phi) is 3.91. The van der Waals surface area contributed by atoms with Crippen LogP contribution in [0.1, 0.15) is 11.4 Å². The predicted molar refractivity (Wildman–Crippen MR) is 82.9 cm³/mol. The van der Waals surface area contributed by atoms with E-state index in [1.54, 1.807) is 0 Å². The van der Waals surface area contributed by atoms with Crippen LogP contribution >= 0.6 is 0 Å². The molecule has 2 heterocycles. The Bertz CT molecular complexity index is 674. The van der Waals surface area contributed by atoms with E-state index in [0.717, 1.165) is 49.6 Å². The van der Waals surface area contributed by atoms with Gasteiger partial charge in [-0.2, -0.15) is 5.26 Å². The fraction of sp³-hybridized carbons (Fsp3) is 0.500. The molecule has 1 saturated heterocycles. The lowest BCUT2D eigenvalue weighted by atomic mass is 10.2. The number of imidazole rings is 1. The molecule has 21 heavy (non-hydrogen) atoms. The van der Waals surface area contributed by atoms with Crippen LogP contribution in [0.5, 0.6) is 0 Å². The molecule has 1 aliphatic heterocycles. The second-order valence-electron chi connectivity index (χ2n) is 5.84. The fourth-order valence-electron chi connectivity index (χ4n) is 2.86. The molecule has 0 spiro atoms. The van der Waals surface area contributed by atoms with Crippen LogP contribution in [0.25, 0.3) is 11.0 Å². The summed E-state index contributed by atoms with van der Waals surface area (Å²) < 4.78 is 2.05. The van der Waals surface area contributed by atoms with E-state index in [2.05, 4.69) is 48.0 Å². The molecular formula is C16H21N5. The second kappa shape index (κ2) is 5.84. The molecule has 0 radical (unpaired) electrons. The summed E-state index contributed by atoms with van der Waals surface area (Å²) in [5, 5.41) is 9.10. The second-order valence-corrected chi connectivity index (χ2v) is 5.84. The SMILES string of the molecule is Cc1ccc2c(c1)nc(CN1CCN(C)CC1)n2CC#N. The van der Waals surface area contributed by atoms with E-state index in [0.29, 0.717) is 6.54 Å². The van der Waals surface area contributed by atoms with Gasteiger partial charge >= 0.3 is 0 Å². The summed E-state index contributed by atoms with van der Waals surface area (Å²) in [5.74, 6) is 1.00. The number of rotatable bonds is 3. The molecule has 1 fully saturated rings. The minimum absolute atomic E-state index is 0.364. The fourth-order valence-corrected chi connectivity index (χ4v) is 2.86. The van der Waals surface area contributed by atoms with Gasteiger partial charge in [-0.3, -0.25) is 4.90 Å². The topological polar surface area (TPSA) is 48.1 Å². The van der Waals surface area contributed by atoms with Gasteiger partial charge in [0.1, 0.15) is 12.4 Å². The van der Waals surface area contributed by atoms with Crippen LogP contribution in [-0.4, -0.2) is 52.6 Å². The summed E-state index contributed by atoms with van der Waals surface area (Å²) in [6.07, 6.45) is 0.